The highest BCUT2D eigenvalue weighted by Crippen LogP contribution is 2.16. The van der Waals surface area contributed by atoms with Crippen molar-refractivity contribution in [2.45, 2.75) is 335 Å². The number of unbranched alkanes of at least 4 members (excludes halogenated alkanes) is 33. The molecule has 0 aliphatic heterocycles. The zero-order valence-electron chi connectivity index (χ0n) is 53.3. The first-order valence-electron chi connectivity index (χ1n) is 34.4. The first kappa shape index (κ1) is 77.1. The van der Waals surface area contributed by atoms with Crippen LogP contribution in [0.25, 0.3) is 0 Å². The van der Waals surface area contributed by atoms with E-state index in [1.54, 1.807) is 0 Å². The Morgan fingerprint density at radius 2 is 0.481 bits per heavy atom. The van der Waals surface area contributed by atoms with Gasteiger partial charge < -0.3 is 14.2 Å². The van der Waals surface area contributed by atoms with E-state index in [1.807, 2.05) is 0 Å². The van der Waals surface area contributed by atoms with Crippen molar-refractivity contribution >= 4 is 17.9 Å². The van der Waals surface area contributed by atoms with Crippen LogP contribution in [-0.2, 0) is 28.6 Å². The Labute approximate surface area is 501 Å². The summed E-state index contributed by atoms with van der Waals surface area (Å²) in [6.45, 7) is 6.51. The molecule has 0 bridgehead atoms. The smallest absolute Gasteiger partial charge is 0.306 e. The molecule has 0 aromatic heterocycles. The lowest BCUT2D eigenvalue weighted by atomic mass is 10.1. The highest BCUT2D eigenvalue weighted by atomic mass is 16.6. The predicted molar refractivity (Wildman–Crippen MR) is 353 cm³/mol. The van der Waals surface area contributed by atoms with Crippen molar-refractivity contribution < 1.29 is 28.6 Å². The Morgan fingerprint density at radius 1 is 0.259 bits per heavy atom. The number of allylic oxidation sites excluding steroid dienone is 18. The van der Waals surface area contributed by atoms with E-state index in [2.05, 4.69) is 130 Å². The molecule has 0 aromatic rings. The monoisotopic (exact) mass is 1120 g/mol. The van der Waals surface area contributed by atoms with E-state index < -0.39 is 6.10 Å². The van der Waals surface area contributed by atoms with Gasteiger partial charge in [-0.1, -0.05) is 291 Å². The minimum Gasteiger partial charge on any atom is -0.462 e. The van der Waals surface area contributed by atoms with Gasteiger partial charge in [0, 0.05) is 19.3 Å². The molecule has 0 aromatic carbocycles. The van der Waals surface area contributed by atoms with Crippen molar-refractivity contribution in [3.63, 3.8) is 0 Å². The fourth-order valence-electron chi connectivity index (χ4n) is 9.59. The molecule has 1 unspecified atom stereocenters. The highest BCUT2D eigenvalue weighted by Gasteiger charge is 2.19. The number of hydrogen-bond acceptors (Lipinski definition) is 6. The number of ether oxygens (including phenoxy) is 3. The number of carbonyl (C=O) groups is 3. The molecule has 464 valence electrons. The quantitative estimate of drug-likeness (QED) is 0.0261. The van der Waals surface area contributed by atoms with E-state index in [9.17, 15) is 14.4 Å². The van der Waals surface area contributed by atoms with E-state index in [-0.39, 0.29) is 31.1 Å². The van der Waals surface area contributed by atoms with Gasteiger partial charge in [0.1, 0.15) is 13.2 Å². The van der Waals surface area contributed by atoms with Gasteiger partial charge in [-0.2, -0.15) is 0 Å². The lowest BCUT2D eigenvalue weighted by Crippen LogP contribution is -2.30. The van der Waals surface area contributed by atoms with Crippen molar-refractivity contribution in [2.24, 2.45) is 0 Å². The van der Waals surface area contributed by atoms with Crippen LogP contribution in [0.1, 0.15) is 329 Å². The number of esters is 3. The molecular formula is C75H128O6. The summed E-state index contributed by atoms with van der Waals surface area (Å²) >= 11 is 0. The third kappa shape index (κ3) is 66.8. The lowest BCUT2D eigenvalue weighted by molar-refractivity contribution is -0.167. The van der Waals surface area contributed by atoms with Crippen LogP contribution in [0.15, 0.2) is 109 Å². The fraction of sp³-hybridized carbons (Fsp3) is 0.720. The molecule has 6 heteroatoms. The van der Waals surface area contributed by atoms with Crippen molar-refractivity contribution in [1.29, 1.82) is 0 Å². The number of hydrogen-bond donors (Lipinski definition) is 0. The van der Waals surface area contributed by atoms with Crippen LogP contribution in [0.5, 0.6) is 0 Å². The van der Waals surface area contributed by atoms with Gasteiger partial charge >= 0.3 is 17.9 Å². The lowest BCUT2D eigenvalue weighted by Gasteiger charge is -2.18. The van der Waals surface area contributed by atoms with Crippen LogP contribution in [0.3, 0.4) is 0 Å². The summed E-state index contributed by atoms with van der Waals surface area (Å²) in [7, 11) is 0. The second kappa shape index (κ2) is 68.6. The molecule has 0 saturated carbocycles. The van der Waals surface area contributed by atoms with E-state index >= 15 is 0 Å². The van der Waals surface area contributed by atoms with Crippen molar-refractivity contribution in [3.8, 4) is 0 Å². The number of carbonyl (C=O) groups excluding carboxylic acids is 3. The third-order valence-electron chi connectivity index (χ3n) is 14.7. The van der Waals surface area contributed by atoms with Crippen molar-refractivity contribution in [3.05, 3.63) is 109 Å². The maximum Gasteiger partial charge on any atom is 0.306 e. The van der Waals surface area contributed by atoms with Crippen LogP contribution < -0.4 is 0 Å². The normalized spacial score (nSPS) is 12.8. The average Bonchev–Trinajstić information content (AvgIpc) is 3.47. The fourth-order valence-corrected chi connectivity index (χ4v) is 9.59. The van der Waals surface area contributed by atoms with Gasteiger partial charge in [-0.05, 0) is 128 Å². The second-order valence-corrected chi connectivity index (χ2v) is 22.7. The summed E-state index contributed by atoms with van der Waals surface area (Å²) in [4.78, 5) is 38.5. The molecule has 0 radical (unpaired) electrons. The molecule has 0 spiro atoms. The van der Waals surface area contributed by atoms with Gasteiger partial charge in [0.2, 0.25) is 0 Å². The number of rotatable bonds is 62. The second-order valence-electron chi connectivity index (χ2n) is 22.7. The van der Waals surface area contributed by atoms with Crippen LogP contribution in [-0.4, -0.2) is 37.2 Å². The molecule has 0 amide bonds. The van der Waals surface area contributed by atoms with Gasteiger partial charge in [0.05, 0.1) is 0 Å². The van der Waals surface area contributed by atoms with Crippen molar-refractivity contribution in [2.75, 3.05) is 13.2 Å². The van der Waals surface area contributed by atoms with Gasteiger partial charge in [0.25, 0.3) is 0 Å². The Balaban J connectivity index is 4.42. The van der Waals surface area contributed by atoms with E-state index in [0.29, 0.717) is 19.3 Å². The van der Waals surface area contributed by atoms with Crippen LogP contribution in [0.4, 0.5) is 0 Å². The summed E-state index contributed by atoms with van der Waals surface area (Å²) in [5, 5.41) is 0. The van der Waals surface area contributed by atoms with Crippen LogP contribution in [0.2, 0.25) is 0 Å². The molecule has 0 rings (SSSR count). The van der Waals surface area contributed by atoms with Crippen LogP contribution >= 0.6 is 0 Å². The molecule has 81 heavy (non-hydrogen) atoms. The first-order chi connectivity index (χ1) is 40.0. The zero-order chi connectivity index (χ0) is 58.5. The SMILES string of the molecule is CC/C=C\C/C=C\C/C=C\C/C=C\C/C=C\CCCCCCCCCC(=O)OCC(COC(=O)CCCCCCCCCCC/C=C\C/C=C\CCCCC)OC(=O)CCCCCCCCCCC/C=C\C/C=C\CCCCCCC. The van der Waals surface area contributed by atoms with Crippen molar-refractivity contribution in [1.82, 2.24) is 0 Å². The van der Waals surface area contributed by atoms with E-state index in [1.165, 1.54) is 180 Å². The molecule has 0 N–H and O–H groups in total. The Morgan fingerprint density at radius 3 is 0.778 bits per heavy atom. The molecule has 0 aliphatic rings. The summed E-state index contributed by atoms with van der Waals surface area (Å²) in [6, 6.07) is 0. The zero-order valence-corrected chi connectivity index (χ0v) is 53.3. The van der Waals surface area contributed by atoms with Gasteiger partial charge in [-0.3, -0.25) is 14.4 Å². The molecule has 0 saturated heterocycles. The summed E-state index contributed by atoms with van der Waals surface area (Å²) < 4.78 is 17.0. The summed E-state index contributed by atoms with van der Waals surface area (Å²) in [6.07, 6.45) is 93.8. The molecular weight excluding hydrogens is 997 g/mol. The Kier molecular flexibility index (Phi) is 65.2. The molecule has 6 nitrogen and oxygen atoms in total. The average molecular weight is 1130 g/mol. The van der Waals surface area contributed by atoms with Crippen LogP contribution in [0, 0.1) is 0 Å². The molecule has 1 atom stereocenters. The third-order valence-corrected chi connectivity index (χ3v) is 14.7. The maximum atomic E-state index is 13.0. The molecule has 0 fully saturated rings. The van der Waals surface area contributed by atoms with E-state index in [4.69, 9.17) is 14.2 Å². The maximum absolute atomic E-state index is 13.0. The summed E-state index contributed by atoms with van der Waals surface area (Å²) in [5.74, 6) is -0.893. The van der Waals surface area contributed by atoms with E-state index in [0.717, 1.165) is 109 Å². The minimum atomic E-state index is -0.791. The predicted octanol–water partition coefficient (Wildman–Crippen LogP) is 23.8. The summed E-state index contributed by atoms with van der Waals surface area (Å²) in [5.41, 5.74) is 0. The van der Waals surface area contributed by atoms with Gasteiger partial charge in [-0.15, -0.1) is 0 Å². The van der Waals surface area contributed by atoms with Gasteiger partial charge in [-0.25, -0.2) is 0 Å². The molecule has 0 aliphatic carbocycles. The largest absolute Gasteiger partial charge is 0.462 e. The molecule has 0 heterocycles. The Bertz CT molecular complexity index is 1620. The highest BCUT2D eigenvalue weighted by molar-refractivity contribution is 5.71. The van der Waals surface area contributed by atoms with Gasteiger partial charge in [0.15, 0.2) is 6.10 Å². The minimum absolute atomic E-state index is 0.0855. The topological polar surface area (TPSA) is 78.9 Å². The Hall–Kier alpha value is -3.93. The first-order valence-corrected chi connectivity index (χ1v) is 34.4. The standard InChI is InChI=1S/C75H128O6/c1-4-7-10-13-16-19-22-25-28-31-34-36-37-39-41-44-47-50-53-56-59-62-65-68-74(77)80-71-72(70-79-73(76)67-64-61-58-55-52-49-46-43-40-33-30-27-24-21-18-15-12-9-6-3)81-75(78)69-66-63-60-57-54-51-48-45-42-38-35-32-29-26-23-20-17-14-11-8-5-2/h7,10,16,18-19,21,23,25-28,30,32,34-36,39,41,72H,4-6,8-9,11-15,17,20,22,24,29,31,33,37-38,40,42-71H2,1-3H3/b10-7-,19-16-,21-18-,26-23-,28-25-,30-27-,35-32-,36-34-,41-39-.